The van der Waals surface area contributed by atoms with Gasteiger partial charge in [-0.15, -0.1) is 0 Å². The van der Waals surface area contributed by atoms with Gasteiger partial charge in [-0.25, -0.2) is 4.79 Å². The summed E-state index contributed by atoms with van der Waals surface area (Å²) in [7, 11) is 0. The lowest BCUT2D eigenvalue weighted by Gasteiger charge is -2.34. The number of nitriles is 1. The SMILES string of the molecule is CCOC(=O)C1=C(N)O[C@@]23OC(c4ccc(C)cc4)=C(C#N)[C@@]12c1cccc2cccc3c12. The molecule has 0 saturated carbocycles. The minimum atomic E-state index is -1.51. The fourth-order valence-electron chi connectivity index (χ4n) is 5.57. The number of carbonyl (C=O) groups excluding carboxylic acids is 1. The molecule has 6 heteroatoms. The number of hydrogen-bond acceptors (Lipinski definition) is 6. The Labute approximate surface area is 190 Å². The lowest BCUT2D eigenvalue weighted by atomic mass is 9.67. The second kappa shape index (κ2) is 6.39. The largest absolute Gasteiger partial charge is 0.462 e. The second-order valence-corrected chi connectivity index (χ2v) is 8.42. The Bertz CT molecular complexity index is 1470. The van der Waals surface area contributed by atoms with Crippen molar-refractivity contribution < 1.29 is 19.0 Å². The molecule has 162 valence electrons. The Balaban J connectivity index is 1.76. The molecule has 3 aromatic rings. The molecule has 0 saturated heterocycles. The summed E-state index contributed by atoms with van der Waals surface area (Å²) in [4.78, 5) is 13.3. The summed E-state index contributed by atoms with van der Waals surface area (Å²) in [6.45, 7) is 3.87. The van der Waals surface area contributed by atoms with Crippen LogP contribution in [0.3, 0.4) is 0 Å². The second-order valence-electron chi connectivity index (χ2n) is 8.42. The summed E-state index contributed by atoms with van der Waals surface area (Å²) in [5, 5.41) is 12.4. The zero-order chi connectivity index (χ0) is 23.0. The van der Waals surface area contributed by atoms with E-state index in [1.165, 1.54) is 0 Å². The van der Waals surface area contributed by atoms with Gasteiger partial charge in [0.05, 0.1) is 12.2 Å². The predicted molar refractivity (Wildman–Crippen MR) is 121 cm³/mol. The first kappa shape index (κ1) is 19.4. The van der Waals surface area contributed by atoms with Crippen molar-refractivity contribution in [1.29, 1.82) is 5.26 Å². The van der Waals surface area contributed by atoms with Crippen LogP contribution in [0.5, 0.6) is 0 Å². The van der Waals surface area contributed by atoms with E-state index in [0.717, 1.165) is 33.0 Å². The number of carbonyl (C=O) groups is 1. The van der Waals surface area contributed by atoms with Crippen molar-refractivity contribution in [1.82, 2.24) is 0 Å². The summed E-state index contributed by atoms with van der Waals surface area (Å²) < 4.78 is 18.3. The topological polar surface area (TPSA) is 94.6 Å². The molecule has 33 heavy (non-hydrogen) atoms. The lowest BCUT2D eigenvalue weighted by molar-refractivity contribution is -0.178. The van der Waals surface area contributed by atoms with E-state index in [2.05, 4.69) is 6.07 Å². The predicted octanol–water partition coefficient (Wildman–Crippen LogP) is 4.28. The van der Waals surface area contributed by atoms with Crippen molar-refractivity contribution in [2.45, 2.75) is 25.0 Å². The maximum atomic E-state index is 13.3. The zero-order valence-corrected chi connectivity index (χ0v) is 18.1. The van der Waals surface area contributed by atoms with Crippen LogP contribution in [-0.2, 0) is 30.2 Å². The van der Waals surface area contributed by atoms with Crippen LogP contribution in [0.15, 0.2) is 77.7 Å². The normalized spacial score (nSPS) is 24.3. The van der Waals surface area contributed by atoms with Gasteiger partial charge in [-0.1, -0.05) is 66.2 Å². The Hall–Kier alpha value is -4.24. The van der Waals surface area contributed by atoms with Crippen LogP contribution in [0, 0.1) is 18.3 Å². The van der Waals surface area contributed by atoms with Crippen LogP contribution < -0.4 is 5.73 Å². The number of rotatable bonds is 3. The molecule has 2 heterocycles. The van der Waals surface area contributed by atoms with Crippen LogP contribution in [0.1, 0.15) is 29.2 Å². The molecule has 0 unspecified atom stereocenters. The maximum Gasteiger partial charge on any atom is 0.341 e. The fourth-order valence-corrected chi connectivity index (χ4v) is 5.57. The number of nitrogens with two attached hydrogens (primary N) is 1. The number of hydrogen-bond donors (Lipinski definition) is 1. The van der Waals surface area contributed by atoms with E-state index in [-0.39, 0.29) is 23.6 Å². The number of ether oxygens (including phenoxy) is 3. The van der Waals surface area contributed by atoms with E-state index in [0.29, 0.717) is 5.76 Å². The van der Waals surface area contributed by atoms with Gasteiger partial charge in [-0.2, -0.15) is 5.26 Å². The third kappa shape index (κ3) is 2.10. The van der Waals surface area contributed by atoms with Gasteiger partial charge in [0.15, 0.2) is 5.41 Å². The lowest BCUT2D eigenvalue weighted by Crippen LogP contribution is -2.45. The number of nitrogens with zero attached hydrogens (tertiary/aromatic N) is 1. The van der Waals surface area contributed by atoms with E-state index in [4.69, 9.17) is 19.9 Å². The first-order valence-corrected chi connectivity index (χ1v) is 10.8. The third-order valence-corrected chi connectivity index (χ3v) is 6.79. The number of esters is 1. The molecule has 2 N–H and O–H groups in total. The van der Waals surface area contributed by atoms with Gasteiger partial charge in [-0.3, -0.25) is 0 Å². The van der Waals surface area contributed by atoms with E-state index in [9.17, 15) is 10.1 Å². The molecule has 0 spiro atoms. The highest BCUT2D eigenvalue weighted by molar-refractivity contribution is 6.05. The van der Waals surface area contributed by atoms with Crippen molar-refractivity contribution >= 4 is 22.5 Å². The van der Waals surface area contributed by atoms with E-state index in [1.54, 1.807) is 6.92 Å². The minimum absolute atomic E-state index is 0.0873. The molecule has 1 aliphatic carbocycles. The van der Waals surface area contributed by atoms with Gasteiger partial charge in [0.25, 0.3) is 5.79 Å². The van der Waals surface area contributed by atoms with Crippen LogP contribution in [0.2, 0.25) is 0 Å². The molecule has 3 aliphatic rings. The Morgan fingerprint density at radius 2 is 1.76 bits per heavy atom. The fraction of sp³-hybridized carbons (Fsp3) is 0.185. The first-order chi connectivity index (χ1) is 16.0. The maximum absolute atomic E-state index is 13.3. The van der Waals surface area contributed by atoms with E-state index in [1.807, 2.05) is 67.6 Å². The summed E-state index contributed by atoms with van der Waals surface area (Å²) in [6.07, 6.45) is 0. The molecular formula is C27H20N2O4. The van der Waals surface area contributed by atoms with Crippen molar-refractivity contribution in [3.63, 3.8) is 0 Å². The van der Waals surface area contributed by atoms with Crippen LogP contribution in [-0.4, -0.2) is 12.6 Å². The summed E-state index contributed by atoms with van der Waals surface area (Å²) in [5.41, 5.74) is 8.62. The summed E-state index contributed by atoms with van der Waals surface area (Å²) in [6, 6.07) is 21.7. The van der Waals surface area contributed by atoms with Gasteiger partial charge in [0, 0.05) is 11.1 Å². The summed E-state index contributed by atoms with van der Waals surface area (Å²) >= 11 is 0. The minimum Gasteiger partial charge on any atom is -0.462 e. The van der Waals surface area contributed by atoms with E-state index < -0.39 is 17.2 Å². The molecule has 6 rings (SSSR count). The Morgan fingerprint density at radius 3 is 2.42 bits per heavy atom. The molecule has 2 aliphatic heterocycles. The highest BCUT2D eigenvalue weighted by Crippen LogP contribution is 2.71. The average molecular weight is 436 g/mol. The highest BCUT2D eigenvalue weighted by atomic mass is 16.7. The quantitative estimate of drug-likeness (QED) is 0.616. The zero-order valence-electron chi connectivity index (χ0n) is 18.1. The number of benzene rings is 3. The molecule has 0 aromatic heterocycles. The molecule has 0 bridgehead atoms. The van der Waals surface area contributed by atoms with E-state index >= 15 is 0 Å². The number of aryl methyl sites for hydroxylation is 1. The monoisotopic (exact) mass is 436 g/mol. The van der Waals surface area contributed by atoms with Gasteiger partial charge in [0.1, 0.15) is 17.4 Å². The van der Waals surface area contributed by atoms with Crippen molar-refractivity contribution in [3.8, 4) is 6.07 Å². The van der Waals surface area contributed by atoms with Crippen LogP contribution in [0.4, 0.5) is 0 Å². The molecular weight excluding hydrogens is 416 g/mol. The summed E-state index contributed by atoms with van der Waals surface area (Å²) in [5.74, 6) is -1.84. The van der Waals surface area contributed by atoms with Crippen molar-refractivity contribution in [2.75, 3.05) is 6.61 Å². The first-order valence-electron chi connectivity index (χ1n) is 10.8. The van der Waals surface area contributed by atoms with Crippen molar-refractivity contribution in [2.24, 2.45) is 5.73 Å². The standard InChI is InChI=1S/C27H20N2O4/c1-3-31-25(30)22-24(29)33-27-19-9-5-7-16-6-4-8-18(21(16)19)26(22,27)20(14-28)23(32-27)17-12-10-15(2)11-13-17/h4-13H,3,29H2,1-2H3/t26-,27+/m0/s1. The Kier molecular flexibility index (Phi) is 3.77. The molecule has 2 atom stereocenters. The smallest absolute Gasteiger partial charge is 0.341 e. The van der Waals surface area contributed by atoms with Crippen molar-refractivity contribution in [3.05, 3.63) is 99.9 Å². The Morgan fingerprint density at radius 1 is 1.06 bits per heavy atom. The van der Waals surface area contributed by atoms with Gasteiger partial charge in [0.2, 0.25) is 5.88 Å². The molecule has 6 nitrogen and oxygen atoms in total. The molecule has 0 fully saturated rings. The third-order valence-electron chi connectivity index (χ3n) is 6.79. The van der Waals surface area contributed by atoms with Crippen LogP contribution in [0.25, 0.3) is 16.5 Å². The molecule has 0 radical (unpaired) electrons. The molecule has 3 aromatic carbocycles. The molecule has 0 amide bonds. The van der Waals surface area contributed by atoms with Gasteiger partial charge < -0.3 is 19.9 Å². The highest BCUT2D eigenvalue weighted by Gasteiger charge is 2.77. The van der Waals surface area contributed by atoms with Gasteiger partial charge in [-0.05, 0) is 30.2 Å². The average Bonchev–Trinajstić information content (AvgIpc) is 3.32. The van der Waals surface area contributed by atoms with Gasteiger partial charge >= 0.3 is 5.97 Å². The van der Waals surface area contributed by atoms with Crippen LogP contribution >= 0.6 is 0 Å².